The number of likely N-dealkylation sites (tertiary alicyclic amines) is 1. The Morgan fingerprint density at radius 1 is 1.53 bits per heavy atom. The third kappa shape index (κ3) is 3.37. The van der Waals surface area contributed by atoms with Crippen LogP contribution in [0.1, 0.15) is 35.4 Å². The van der Waals surface area contributed by atoms with E-state index in [1.807, 2.05) is 17.5 Å². The van der Waals surface area contributed by atoms with Crippen molar-refractivity contribution in [1.29, 1.82) is 0 Å². The molecule has 0 saturated carbocycles. The predicted octanol–water partition coefficient (Wildman–Crippen LogP) is 2.17. The second-order valence-corrected chi connectivity index (χ2v) is 5.47. The van der Waals surface area contributed by atoms with Crippen LogP contribution in [0.5, 0.6) is 0 Å². The van der Waals surface area contributed by atoms with Crippen molar-refractivity contribution in [2.75, 3.05) is 19.7 Å². The van der Waals surface area contributed by atoms with Crippen molar-refractivity contribution in [3.63, 3.8) is 0 Å². The average molecular weight is 253 g/mol. The number of carbonyl (C=O) groups excluding carboxylic acids is 1. The van der Waals surface area contributed by atoms with Gasteiger partial charge in [0.1, 0.15) is 0 Å². The number of carbonyl (C=O) groups is 1. The molecule has 4 heteroatoms. The summed E-state index contributed by atoms with van der Waals surface area (Å²) in [7, 11) is 0. The summed E-state index contributed by atoms with van der Waals surface area (Å²) in [6.45, 7) is 2.01. The van der Waals surface area contributed by atoms with E-state index in [-0.39, 0.29) is 18.4 Å². The van der Waals surface area contributed by atoms with Crippen LogP contribution < -0.4 is 0 Å². The second kappa shape index (κ2) is 6.28. The topological polar surface area (TPSA) is 40.5 Å². The Hall–Kier alpha value is -0.710. The Bertz CT molecular complexity index is 350. The predicted molar refractivity (Wildman–Crippen MR) is 69.6 cm³/mol. The second-order valence-electron chi connectivity index (χ2n) is 4.52. The number of hydrogen-bond donors (Lipinski definition) is 1. The molecule has 0 amide bonds. The number of aliphatic hydroxyl groups excluding tert-OH is 1. The Labute approximate surface area is 106 Å². The molecule has 1 aliphatic rings. The van der Waals surface area contributed by atoms with Gasteiger partial charge in [0.2, 0.25) is 0 Å². The van der Waals surface area contributed by atoms with Gasteiger partial charge in [-0.15, -0.1) is 11.3 Å². The molecule has 1 atom stereocenters. The lowest BCUT2D eigenvalue weighted by atomic mass is 10.0. The summed E-state index contributed by atoms with van der Waals surface area (Å²) in [6, 6.07) is 4.06. The highest BCUT2D eigenvalue weighted by atomic mass is 32.1. The summed E-state index contributed by atoms with van der Waals surface area (Å²) in [6.07, 6.45) is 4.00. The van der Waals surface area contributed by atoms with E-state index in [0.29, 0.717) is 6.42 Å². The molecule has 0 aliphatic carbocycles. The zero-order valence-corrected chi connectivity index (χ0v) is 10.8. The van der Waals surface area contributed by atoms with Gasteiger partial charge in [0.15, 0.2) is 5.78 Å². The van der Waals surface area contributed by atoms with Crippen molar-refractivity contribution in [2.45, 2.75) is 31.7 Å². The molecule has 2 rings (SSSR count). The maximum absolute atomic E-state index is 11.9. The van der Waals surface area contributed by atoms with Gasteiger partial charge in [-0.3, -0.25) is 9.69 Å². The van der Waals surface area contributed by atoms with Gasteiger partial charge in [-0.2, -0.15) is 0 Å². The molecule has 0 bridgehead atoms. The van der Waals surface area contributed by atoms with Gasteiger partial charge in [-0.25, -0.2) is 0 Å². The first-order valence-electron chi connectivity index (χ1n) is 6.23. The number of Topliss-reactive ketones (excluding diaryl/α,β-unsaturated/α-hetero) is 1. The summed E-state index contributed by atoms with van der Waals surface area (Å²) >= 11 is 1.51. The van der Waals surface area contributed by atoms with Crippen LogP contribution in [-0.4, -0.2) is 41.5 Å². The third-order valence-electron chi connectivity index (χ3n) is 3.38. The molecule has 17 heavy (non-hydrogen) atoms. The fourth-order valence-electron chi connectivity index (χ4n) is 2.37. The molecule has 1 saturated heterocycles. The summed E-state index contributed by atoms with van der Waals surface area (Å²) in [5, 5.41) is 11.2. The largest absolute Gasteiger partial charge is 0.395 e. The summed E-state index contributed by atoms with van der Waals surface area (Å²) in [5.74, 6) is 0.224. The first-order chi connectivity index (χ1) is 8.31. The molecule has 1 unspecified atom stereocenters. The number of piperidine rings is 1. The highest BCUT2D eigenvalue weighted by Crippen LogP contribution is 2.18. The number of rotatable bonds is 5. The van der Waals surface area contributed by atoms with Gasteiger partial charge in [0.05, 0.1) is 11.5 Å². The van der Waals surface area contributed by atoms with Gasteiger partial charge in [-0.1, -0.05) is 12.5 Å². The first-order valence-corrected chi connectivity index (χ1v) is 7.11. The number of nitrogens with zero attached hydrogens (tertiary/aromatic N) is 1. The fraction of sp³-hybridized carbons (Fsp3) is 0.615. The molecular formula is C13H19NO2S. The van der Waals surface area contributed by atoms with Crippen molar-refractivity contribution < 1.29 is 9.90 Å². The molecule has 1 aromatic rings. The molecule has 1 N–H and O–H groups in total. The molecule has 0 spiro atoms. The molecule has 0 aromatic carbocycles. The summed E-state index contributed by atoms with van der Waals surface area (Å²) in [5.41, 5.74) is 0. The number of thiophene rings is 1. The van der Waals surface area contributed by atoms with Gasteiger partial charge in [0, 0.05) is 19.0 Å². The lowest BCUT2D eigenvalue weighted by Crippen LogP contribution is -2.42. The van der Waals surface area contributed by atoms with Crippen LogP contribution in [0, 0.1) is 0 Å². The van der Waals surface area contributed by atoms with Crippen LogP contribution in [0.2, 0.25) is 0 Å². The molecule has 1 aliphatic heterocycles. The molecule has 3 nitrogen and oxygen atoms in total. The normalized spacial score (nSPS) is 21.6. The minimum atomic E-state index is 0.215. The van der Waals surface area contributed by atoms with Crippen molar-refractivity contribution in [3.8, 4) is 0 Å². The van der Waals surface area contributed by atoms with Crippen LogP contribution in [0.15, 0.2) is 17.5 Å². The highest BCUT2D eigenvalue weighted by Gasteiger charge is 2.22. The van der Waals surface area contributed by atoms with Crippen LogP contribution in [-0.2, 0) is 0 Å². The van der Waals surface area contributed by atoms with E-state index in [4.69, 9.17) is 0 Å². The smallest absolute Gasteiger partial charge is 0.174 e. The average Bonchev–Trinajstić information content (AvgIpc) is 2.90. The van der Waals surface area contributed by atoms with Crippen LogP contribution in [0.25, 0.3) is 0 Å². The zero-order valence-electron chi connectivity index (χ0n) is 9.97. The Morgan fingerprint density at radius 3 is 3.12 bits per heavy atom. The summed E-state index contributed by atoms with van der Waals surface area (Å²) < 4.78 is 0. The molecule has 1 aromatic heterocycles. The van der Waals surface area contributed by atoms with Crippen LogP contribution in [0.4, 0.5) is 0 Å². The SMILES string of the molecule is O=C(CCN1CCCCC1CO)c1cccs1. The Morgan fingerprint density at radius 2 is 2.41 bits per heavy atom. The molecule has 94 valence electrons. The monoisotopic (exact) mass is 253 g/mol. The first kappa shape index (κ1) is 12.7. The van der Waals surface area contributed by atoms with Gasteiger partial charge < -0.3 is 5.11 Å². The third-order valence-corrected chi connectivity index (χ3v) is 4.29. The van der Waals surface area contributed by atoms with E-state index in [1.54, 1.807) is 0 Å². The highest BCUT2D eigenvalue weighted by molar-refractivity contribution is 7.12. The minimum absolute atomic E-state index is 0.215. The quantitative estimate of drug-likeness (QED) is 0.818. The van der Waals surface area contributed by atoms with E-state index in [2.05, 4.69) is 4.90 Å². The van der Waals surface area contributed by atoms with E-state index in [9.17, 15) is 9.90 Å². The van der Waals surface area contributed by atoms with Crippen molar-refractivity contribution in [3.05, 3.63) is 22.4 Å². The molecule has 2 heterocycles. The van der Waals surface area contributed by atoms with Crippen molar-refractivity contribution in [1.82, 2.24) is 4.90 Å². The number of hydrogen-bond acceptors (Lipinski definition) is 4. The maximum Gasteiger partial charge on any atom is 0.174 e. The molecule has 1 fully saturated rings. The van der Waals surface area contributed by atoms with Crippen molar-refractivity contribution in [2.24, 2.45) is 0 Å². The number of ketones is 1. The van der Waals surface area contributed by atoms with Gasteiger partial charge in [0.25, 0.3) is 0 Å². The molecule has 0 radical (unpaired) electrons. The van der Waals surface area contributed by atoms with Gasteiger partial charge in [-0.05, 0) is 30.8 Å². The Balaban J connectivity index is 1.82. The zero-order chi connectivity index (χ0) is 12.1. The molecular weight excluding hydrogens is 234 g/mol. The van der Waals surface area contributed by atoms with Crippen molar-refractivity contribution >= 4 is 17.1 Å². The lowest BCUT2D eigenvalue weighted by molar-refractivity contribution is 0.0795. The fourth-order valence-corrected chi connectivity index (χ4v) is 3.06. The van der Waals surface area contributed by atoms with Crippen LogP contribution in [0.3, 0.4) is 0 Å². The van der Waals surface area contributed by atoms with E-state index in [0.717, 1.165) is 24.4 Å². The van der Waals surface area contributed by atoms with Gasteiger partial charge >= 0.3 is 0 Å². The van der Waals surface area contributed by atoms with E-state index < -0.39 is 0 Å². The van der Waals surface area contributed by atoms with Crippen LogP contribution >= 0.6 is 11.3 Å². The number of aliphatic hydroxyl groups is 1. The van der Waals surface area contributed by atoms with E-state index >= 15 is 0 Å². The van der Waals surface area contributed by atoms with E-state index in [1.165, 1.54) is 24.2 Å². The standard InChI is InChI=1S/C13H19NO2S/c15-10-11-4-1-2-7-14(11)8-6-12(16)13-5-3-9-17-13/h3,5,9,11,15H,1-2,4,6-8,10H2. The maximum atomic E-state index is 11.9. The minimum Gasteiger partial charge on any atom is -0.395 e. The Kier molecular flexibility index (Phi) is 4.71. The lowest BCUT2D eigenvalue weighted by Gasteiger charge is -2.34. The summed E-state index contributed by atoms with van der Waals surface area (Å²) in [4.78, 5) is 15.0.